The summed E-state index contributed by atoms with van der Waals surface area (Å²) in [6, 6.07) is 5.24. The maximum atomic E-state index is 13.0. The summed E-state index contributed by atoms with van der Waals surface area (Å²) in [7, 11) is 1.71. The molecule has 4 rings (SSSR count). The van der Waals surface area contributed by atoms with Gasteiger partial charge in [0.2, 0.25) is 11.8 Å². The zero-order valence-electron chi connectivity index (χ0n) is 22.2. The van der Waals surface area contributed by atoms with Gasteiger partial charge in [-0.2, -0.15) is 0 Å². The first-order valence-corrected chi connectivity index (χ1v) is 13.0. The lowest BCUT2D eigenvalue weighted by molar-refractivity contribution is -0.135. The summed E-state index contributed by atoms with van der Waals surface area (Å²) >= 11 is 0. The number of anilines is 1. The highest BCUT2D eigenvalue weighted by Gasteiger charge is 2.31. The number of hydrogen-bond acceptors (Lipinski definition) is 7. The van der Waals surface area contributed by atoms with Crippen LogP contribution in [0.25, 0.3) is 11.0 Å². The smallest absolute Gasteiger partial charge is 0.407 e. The molecule has 2 fully saturated rings. The van der Waals surface area contributed by atoms with Crippen LogP contribution in [0.3, 0.4) is 0 Å². The molecular weight excluding hydrogens is 476 g/mol. The van der Waals surface area contributed by atoms with Gasteiger partial charge >= 0.3 is 11.8 Å². The van der Waals surface area contributed by atoms with Crippen LogP contribution in [0.1, 0.15) is 52.5 Å². The Balaban J connectivity index is 1.30. The van der Waals surface area contributed by atoms with Gasteiger partial charge < -0.3 is 15.0 Å². The number of amides is 3. The fourth-order valence-electron chi connectivity index (χ4n) is 4.97. The number of aryl methyl sites for hydroxylation is 1. The zero-order chi connectivity index (χ0) is 26.7. The van der Waals surface area contributed by atoms with Gasteiger partial charge in [0.25, 0.3) is 0 Å². The Bertz CT molecular complexity index is 1220. The fourth-order valence-corrected chi connectivity index (χ4v) is 4.97. The summed E-state index contributed by atoms with van der Waals surface area (Å²) in [5.74, 6) is -0.722. The van der Waals surface area contributed by atoms with Gasteiger partial charge in [-0.1, -0.05) is 0 Å². The first-order chi connectivity index (χ1) is 17.5. The zero-order valence-corrected chi connectivity index (χ0v) is 22.2. The number of piperazine rings is 1. The molecule has 1 aromatic carbocycles. The van der Waals surface area contributed by atoms with Gasteiger partial charge in [-0.05, 0) is 64.8 Å². The maximum absolute atomic E-state index is 13.0. The Hall–Kier alpha value is -3.34. The van der Waals surface area contributed by atoms with Crippen molar-refractivity contribution < 1.29 is 19.1 Å². The third-order valence-electron chi connectivity index (χ3n) is 6.90. The van der Waals surface area contributed by atoms with E-state index in [-0.39, 0.29) is 24.1 Å². The predicted octanol–water partition coefficient (Wildman–Crippen LogP) is 1.74. The third-order valence-corrected chi connectivity index (χ3v) is 6.90. The molecular formula is C26H38N6O5. The lowest BCUT2D eigenvalue weighted by Crippen LogP contribution is -2.46. The summed E-state index contributed by atoms with van der Waals surface area (Å²) < 4.78 is 8.34. The molecule has 3 heterocycles. The van der Waals surface area contributed by atoms with E-state index in [4.69, 9.17) is 4.74 Å². The summed E-state index contributed by atoms with van der Waals surface area (Å²) in [5, 5.41) is 5.15. The van der Waals surface area contributed by atoms with Crippen molar-refractivity contribution in [1.82, 2.24) is 24.7 Å². The lowest BCUT2D eigenvalue weighted by Gasteiger charge is -2.36. The Labute approximate surface area is 216 Å². The molecule has 1 aromatic heterocycles. The van der Waals surface area contributed by atoms with E-state index in [1.54, 1.807) is 11.6 Å². The highest BCUT2D eigenvalue weighted by molar-refractivity contribution is 6.00. The van der Waals surface area contributed by atoms with Crippen molar-refractivity contribution in [1.29, 1.82) is 0 Å². The molecule has 1 unspecified atom stereocenters. The van der Waals surface area contributed by atoms with E-state index < -0.39 is 17.6 Å². The van der Waals surface area contributed by atoms with Gasteiger partial charge in [0.15, 0.2) is 0 Å². The van der Waals surface area contributed by atoms with E-state index in [9.17, 15) is 19.2 Å². The van der Waals surface area contributed by atoms with Gasteiger partial charge in [0.05, 0.1) is 11.0 Å². The molecule has 1 atom stereocenters. The quantitative estimate of drug-likeness (QED) is 0.427. The van der Waals surface area contributed by atoms with Crippen molar-refractivity contribution in [2.45, 2.75) is 58.1 Å². The molecule has 0 bridgehead atoms. The molecule has 11 heteroatoms. The number of piperidine rings is 1. The van der Waals surface area contributed by atoms with Crippen molar-refractivity contribution in [2.24, 2.45) is 7.05 Å². The van der Waals surface area contributed by atoms with Crippen molar-refractivity contribution in [3.8, 4) is 0 Å². The minimum absolute atomic E-state index is 0.224. The molecule has 37 heavy (non-hydrogen) atoms. The molecule has 3 amide bonds. The van der Waals surface area contributed by atoms with Crippen molar-refractivity contribution in [2.75, 3.05) is 44.2 Å². The molecule has 0 saturated carbocycles. The highest BCUT2D eigenvalue weighted by atomic mass is 16.6. The van der Waals surface area contributed by atoms with Crippen LogP contribution in [0.5, 0.6) is 0 Å². The van der Waals surface area contributed by atoms with E-state index in [2.05, 4.69) is 20.4 Å². The van der Waals surface area contributed by atoms with Crippen molar-refractivity contribution in [3.63, 3.8) is 0 Å². The number of nitrogens with zero attached hydrogens (tertiary/aromatic N) is 4. The van der Waals surface area contributed by atoms with Gasteiger partial charge in [-0.15, -0.1) is 0 Å². The van der Waals surface area contributed by atoms with Crippen LogP contribution in [0, 0.1) is 0 Å². The molecule has 2 aliphatic heterocycles. The second kappa shape index (κ2) is 11.0. The number of rotatable bonds is 7. The van der Waals surface area contributed by atoms with Crippen LogP contribution in [-0.2, 0) is 21.4 Å². The first-order valence-electron chi connectivity index (χ1n) is 13.0. The van der Waals surface area contributed by atoms with E-state index in [1.165, 1.54) is 4.57 Å². The fraction of sp³-hybridized carbons (Fsp3) is 0.615. The SMILES string of the molecule is Cn1c(=O)n(C2CCC(=O)NC2=O)c2ccc(N3CCN(CCCCNC(=O)OC(C)(C)C)CC3)cc21. The van der Waals surface area contributed by atoms with Crippen LogP contribution in [0.2, 0.25) is 0 Å². The van der Waals surface area contributed by atoms with E-state index in [0.29, 0.717) is 18.5 Å². The number of nitrogens with one attached hydrogen (secondary N) is 2. The highest BCUT2D eigenvalue weighted by Crippen LogP contribution is 2.27. The largest absolute Gasteiger partial charge is 0.444 e. The molecule has 0 spiro atoms. The summed E-state index contributed by atoms with van der Waals surface area (Å²) in [4.78, 5) is 53.4. The number of hydrogen-bond donors (Lipinski definition) is 2. The number of fused-ring (bicyclic) bond motifs is 1. The molecule has 0 radical (unpaired) electrons. The number of unbranched alkanes of at least 4 members (excludes halogenated alkanes) is 1. The van der Waals surface area contributed by atoms with Crippen LogP contribution in [0.4, 0.5) is 10.5 Å². The maximum Gasteiger partial charge on any atom is 0.407 e. The van der Waals surface area contributed by atoms with Crippen LogP contribution in [0.15, 0.2) is 23.0 Å². The molecule has 2 N–H and O–H groups in total. The van der Waals surface area contributed by atoms with Gasteiger partial charge in [-0.3, -0.25) is 28.9 Å². The Kier molecular flexibility index (Phi) is 7.91. The average Bonchev–Trinajstić information content (AvgIpc) is 3.08. The molecule has 2 aromatic rings. The minimum atomic E-state index is -0.678. The van der Waals surface area contributed by atoms with E-state index >= 15 is 0 Å². The van der Waals surface area contributed by atoms with Gasteiger partial charge in [-0.25, -0.2) is 9.59 Å². The van der Waals surface area contributed by atoms with Crippen LogP contribution < -0.4 is 21.2 Å². The van der Waals surface area contributed by atoms with Gasteiger partial charge in [0.1, 0.15) is 11.6 Å². The standard InChI is InChI=1S/C26H38N6O5/c1-26(2,3)37-24(35)27-11-5-6-12-30-13-15-31(16-14-30)18-7-8-19-21(17-18)29(4)25(36)32(19)20-9-10-22(33)28-23(20)34/h7-8,17,20H,5-6,9-16H2,1-4H3,(H,27,35)(H,28,33,34). The molecule has 202 valence electrons. The Morgan fingerprint density at radius 1 is 1.08 bits per heavy atom. The van der Waals surface area contributed by atoms with E-state index in [0.717, 1.165) is 56.8 Å². The molecule has 2 aliphatic rings. The second-order valence-electron chi connectivity index (χ2n) is 10.8. The lowest BCUT2D eigenvalue weighted by atomic mass is 10.1. The number of aromatic nitrogens is 2. The summed E-state index contributed by atoms with van der Waals surface area (Å²) in [5.41, 5.74) is 1.77. The topological polar surface area (TPSA) is 118 Å². The number of carbonyl (C=O) groups is 3. The summed E-state index contributed by atoms with van der Waals surface area (Å²) in [6.45, 7) is 10.8. The van der Waals surface area contributed by atoms with Gasteiger partial charge in [0, 0.05) is 51.9 Å². The van der Waals surface area contributed by atoms with Crippen LogP contribution in [-0.4, -0.2) is 76.8 Å². The first kappa shape index (κ1) is 26.7. The number of alkyl carbamates (subject to hydrolysis) is 1. The number of imidazole rings is 1. The number of ether oxygens (including phenoxy) is 1. The third kappa shape index (κ3) is 6.33. The average molecular weight is 515 g/mol. The van der Waals surface area contributed by atoms with Crippen LogP contribution >= 0.6 is 0 Å². The van der Waals surface area contributed by atoms with Crippen molar-refractivity contribution >= 4 is 34.6 Å². The number of benzene rings is 1. The minimum Gasteiger partial charge on any atom is -0.444 e. The molecule has 11 nitrogen and oxygen atoms in total. The monoisotopic (exact) mass is 514 g/mol. The Morgan fingerprint density at radius 3 is 2.49 bits per heavy atom. The Morgan fingerprint density at radius 2 is 1.81 bits per heavy atom. The molecule has 0 aliphatic carbocycles. The summed E-state index contributed by atoms with van der Waals surface area (Å²) in [6.07, 6.45) is 2.07. The number of imide groups is 1. The van der Waals surface area contributed by atoms with E-state index in [1.807, 2.05) is 39.0 Å². The normalized spacial score (nSPS) is 19.2. The number of carbonyl (C=O) groups excluding carboxylic acids is 3. The second-order valence-corrected chi connectivity index (χ2v) is 10.8. The van der Waals surface area contributed by atoms with Crippen molar-refractivity contribution in [3.05, 3.63) is 28.7 Å². The predicted molar refractivity (Wildman–Crippen MR) is 141 cm³/mol. The molecule has 2 saturated heterocycles.